The van der Waals surface area contributed by atoms with Crippen molar-refractivity contribution in [3.8, 4) is 11.5 Å². The number of methoxy groups -OCH3 is 2. The van der Waals surface area contributed by atoms with Gasteiger partial charge in [-0.25, -0.2) is 8.78 Å². The van der Waals surface area contributed by atoms with Gasteiger partial charge >= 0.3 is 0 Å². The molecule has 0 heterocycles. The highest BCUT2D eigenvalue weighted by Gasteiger charge is 2.24. The van der Waals surface area contributed by atoms with Crippen LogP contribution in [0.3, 0.4) is 0 Å². The summed E-state index contributed by atoms with van der Waals surface area (Å²) < 4.78 is 51.6. The van der Waals surface area contributed by atoms with E-state index in [-0.39, 0.29) is 17.3 Å². The summed E-state index contributed by atoms with van der Waals surface area (Å²) in [5.41, 5.74) is 1.41. The third-order valence-corrected chi connectivity index (χ3v) is 5.66. The predicted molar refractivity (Wildman–Crippen MR) is 98.9 cm³/mol. The molecule has 3 rings (SSSR count). The van der Waals surface area contributed by atoms with Crippen molar-refractivity contribution >= 4 is 0 Å². The molecule has 2 aromatic rings. The third-order valence-electron chi connectivity index (χ3n) is 5.66. The van der Waals surface area contributed by atoms with Gasteiger partial charge in [0, 0.05) is 0 Å². The van der Waals surface area contributed by atoms with Gasteiger partial charge in [-0.15, -0.1) is 0 Å². The van der Waals surface area contributed by atoms with Crippen molar-refractivity contribution in [2.45, 2.75) is 44.4 Å². The van der Waals surface area contributed by atoms with Gasteiger partial charge in [-0.1, -0.05) is 12.1 Å². The molecule has 1 saturated carbocycles. The molecule has 0 aromatic heterocycles. The van der Waals surface area contributed by atoms with Crippen LogP contribution in [0, 0.1) is 23.4 Å². The Morgan fingerprint density at radius 2 is 1.52 bits per heavy atom. The molecule has 27 heavy (non-hydrogen) atoms. The second kappa shape index (κ2) is 8.68. The monoisotopic (exact) mass is 378 g/mol. The molecule has 2 aromatic carbocycles. The van der Waals surface area contributed by atoms with E-state index in [0.717, 1.165) is 37.7 Å². The Bertz CT molecular complexity index is 783. The van der Waals surface area contributed by atoms with Gasteiger partial charge in [0.2, 0.25) is 5.82 Å². The maximum Gasteiger partial charge on any atom is 0.200 e. The molecule has 5 heteroatoms. The minimum Gasteiger partial charge on any atom is -0.494 e. The molecular weight excluding hydrogens is 353 g/mol. The molecule has 1 aliphatic rings. The summed E-state index contributed by atoms with van der Waals surface area (Å²) >= 11 is 0. The Morgan fingerprint density at radius 3 is 2.15 bits per heavy atom. The number of rotatable bonds is 6. The van der Waals surface area contributed by atoms with Gasteiger partial charge in [-0.3, -0.25) is 0 Å². The van der Waals surface area contributed by atoms with Crippen molar-refractivity contribution in [3.63, 3.8) is 0 Å². The average Bonchev–Trinajstić information content (AvgIpc) is 2.69. The number of ether oxygens (including phenoxy) is 2. The Hall–Kier alpha value is -2.17. The lowest BCUT2D eigenvalue weighted by atomic mass is 9.77. The molecule has 0 radical (unpaired) electrons. The minimum atomic E-state index is -0.916. The molecular formula is C22H25F3O2. The molecule has 0 unspecified atom stereocenters. The Labute approximate surface area is 158 Å². The summed E-state index contributed by atoms with van der Waals surface area (Å²) in [5.74, 6) is -1.03. The fraction of sp³-hybridized carbons (Fsp3) is 0.455. The minimum absolute atomic E-state index is 0.0662. The van der Waals surface area contributed by atoms with Gasteiger partial charge in [-0.2, -0.15) is 4.39 Å². The lowest BCUT2D eigenvalue weighted by molar-refractivity contribution is 0.307. The summed E-state index contributed by atoms with van der Waals surface area (Å²) in [6.07, 6.45) is 5.33. The molecule has 1 fully saturated rings. The smallest absolute Gasteiger partial charge is 0.200 e. The van der Waals surface area contributed by atoms with Crippen LogP contribution >= 0.6 is 0 Å². The summed E-state index contributed by atoms with van der Waals surface area (Å²) in [5, 5.41) is 0. The van der Waals surface area contributed by atoms with Crippen LogP contribution in [0.5, 0.6) is 11.5 Å². The van der Waals surface area contributed by atoms with E-state index in [1.165, 1.54) is 20.3 Å². The van der Waals surface area contributed by atoms with Crippen molar-refractivity contribution < 1.29 is 22.6 Å². The van der Waals surface area contributed by atoms with Crippen molar-refractivity contribution in [3.05, 3.63) is 58.9 Å². The first kappa shape index (κ1) is 19.6. The second-order valence-corrected chi connectivity index (χ2v) is 7.21. The number of hydrogen-bond donors (Lipinski definition) is 0. The zero-order chi connectivity index (χ0) is 19.4. The highest BCUT2D eigenvalue weighted by atomic mass is 19.2. The van der Waals surface area contributed by atoms with Crippen molar-refractivity contribution in [2.24, 2.45) is 5.92 Å². The topological polar surface area (TPSA) is 18.5 Å². The normalized spacial score (nSPS) is 19.7. The SMILES string of the molecule is COc1ccc(C2CCC(CCc3ccc(OC)c(F)c3F)CC2)cc1F. The van der Waals surface area contributed by atoms with Gasteiger partial charge < -0.3 is 9.47 Å². The van der Waals surface area contributed by atoms with Crippen molar-refractivity contribution in [1.29, 1.82) is 0 Å². The number of halogens is 3. The quantitative estimate of drug-likeness (QED) is 0.611. The summed E-state index contributed by atoms with van der Waals surface area (Å²) in [6, 6.07) is 8.26. The summed E-state index contributed by atoms with van der Waals surface area (Å²) in [7, 11) is 2.78. The molecule has 0 N–H and O–H groups in total. The molecule has 0 bridgehead atoms. The van der Waals surface area contributed by atoms with E-state index in [0.29, 0.717) is 23.8 Å². The molecule has 0 aliphatic heterocycles. The highest BCUT2D eigenvalue weighted by molar-refractivity contribution is 5.32. The lowest BCUT2D eigenvalue weighted by Gasteiger charge is -2.29. The zero-order valence-electron chi connectivity index (χ0n) is 15.7. The Kier molecular flexibility index (Phi) is 6.30. The van der Waals surface area contributed by atoms with E-state index in [1.54, 1.807) is 18.2 Å². The molecule has 2 nitrogen and oxygen atoms in total. The molecule has 146 valence electrons. The third kappa shape index (κ3) is 4.40. The first-order valence-corrected chi connectivity index (χ1v) is 9.37. The van der Waals surface area contributed by atoms with E-state index in [9.17, 15) is 13.2 Å². The van der Waals surface area contributed by atoms with Gasteiger partial charge in [0.05, 0.1) is 14.2 Å². The predicted octanol–water partition coefficient (Wildman–Crippen LogP) is 6.03. The van der Waals surface area contributed by atoms with Crippen LogP contribution in [0.4, 0.5) is 13.2 Å². The summed E-state index contributed by atoms with van der Waals surface area (Å²) in [6.45, 7) is 0. The zero-order valence-corrected chi connectivity index (χ0v) is 15.7. The van der Waals surface area contributed by atoms with E-state index >= 15 is 0 Å². The fourth-order valence-corrected chi connectivity index (χ4v) is 4.00. The van der Waals surface area contributed by atoms with E-state index in [2.05, 4.69) is 0 Å². The molecule has 0 saturated heterocycles. The lowest BCUT2D eigenvalue weighted by Crippen LogP contribution is -2.14. The maximum atomic E-state index is 14.1. The first-order valence-electron chi connectivity index (χ1n) is 9.37. The van der Waals surface area contributed by atoms with Crippen LogP contribution < -0.4 is 9.47 Å². The van der Waals surface area contributed by atoms with Crippen LogP contribution in [0.2, 0.25) is 0 Å². The molecule has 0 spiro atoms. The first-order chi connectivity index (χ1) is 13.0. The molecule has 1 aliphatic carbocycles. The average molecular weight is 378 g/mol. The maximum absolute atomic E-state index is 14.1. The van der Waals surface area contributed by atoms with Crippen LogP contribution in [0.25, 0.3) is 0 Å². The van der Waals surface area contributed by atoms with Crippen LogP contribution in [-0.4, -0.2) is 14.2 Å². The van der Waals surface area contributed by atoms with Gasteiger partial charge in [0.15, 0.2) is 23.1 Å². The van der Waals surface area contributed by atoms with Crippen molar-refractivity contribution in [1.82, 2.24) is 0 Å². The van der Waals surface area contributed by atoms with Gasteiger partial charge in [0.25, 0.3) is 0 Å². The van der Waals surface area contributed by atoms with E-state index in [4.69, 9.17) is 9.47 Å². The number of aryl methyl sites for hydroxylation is 1. The largest absolute Gasteiger partial charge is 0.494 e. The van der Waals surface area contributed by atoms with E-state index in [1.807, 2.05) is 6.07 Å². The van der Waals surface area contributed by atoms with Crippen LogP contribution in [0.1, 0.15) is 49.1 Å². The van der Waals surface area contributed by atoms with Crippen LogP contribution in [-0.2, 0) is 6.42 Å². The second-order valence-electron chi connectivity index (χ2n) is 7.21. The Balaban J connectivity index is 1.54. The van der Waals surface area contributed by atoms with E-state index < -0.39 is 11.6 Å². The van der Waals surface area contributed by atoms with Crippen LogP contribution in [0.15, 0.2) is 30.3 Å². The molecule has 0 atom stereocenters. The summed E-state index contributed by atoms with van der Waals surface area (Å²) in [4.78, 5) is 0. The van der Waals surface area contributed by atoms with Gasteiger partial charge in [0.1, 0.15) is 0 Å². The molecule has 0 amide bonds. The number of benzene rings is 2. The highest BCUT2D eigenvalue weighted by Crippen LogP contribution is 2.38. The number of hydrogen-bond acceptors (Lipinski definition) is 2. The van der Waals surface area contributed by atoms with Gasteiger partial charge in [-0.05, 0) is 79.7 Å². The fourth-order valence-electron chi connectivity index (χ4n) is 4.00. The standard InChI is InChI=1S/C22H25F3O2/c1-26-19-11-10-17(13-18(19)23)15-6-3-14(4-7-15)5-8-16-9-12-20(27-2)22(25)21(16)24/h9-15H,3-8H2,1-2H3. The van der Waals surface area contributed by atoms with Crippen molar-refractivity contribution in [2.75, 3.05) is 14.2 Å². The Morgan fingerprint density at radius 1 is 0.852 bits per heavy atom.